The smallest absolute Gasteiger partial charge is 0.387 e. The Kier molecular flexibility index (Phi) is 7.06. The lowest BCUT2D eigenvalue weighted by Gasteiger charge is -2.21. The van der Waals surface area contributed by atoms with E-state index < -0.39 is 6.61 Å². The van der Waals surface area contributed by atoms with Gasteiger partial charge in [-0.2, -0.15) is 8.78 Å². The Morgan fingerprint density at radius 2 is 2.04 bits per heavy atom. The van der Waals surface area contributed by atoms with E-state index in [1.54, 1.807) is 12.1 Å². The Balaban J connectivity index is 2.89. The molecule has 5 nitrogen and oxygen atoms in total. The average Bonchev–Trinajstić information content (AvgIpc) is 2.41. The first kappa shape index (κ1) is 19.0. The molecule has 0 saturated carbocycles. The summed E-state index contributed by atoms with van der Waals surface area (Å²) in [5, 5.41) is 3.00. The van der Waals surface area contributed by atoms with E-state index in [2.05, 4.69) is 15.0 Å². The Morgan fingerprint density at radius 1 is 1.35 bits per heavy atom. The number of hydrogen-bond donors (Lipinski definition) is 2. The van der Waals surface area contributed by atoms with Crippen molar-refractivity contribution in [3.63, 3.8) is 0 Å². The fourth-order valence-electron chi connectivity index (χ4n) is 1.77. The van der Waals surface area contributed by atoms with Gasteiger partial charge in [0.25, 0.3) is 0 Å². The second kappa shape index (κ2) is 8.55. The molecule has 0 atom stereocenters. The minimum atomic E-state index is -2.91. The number of guanidine groups is 1. The average molecular weight is 329 g/mol. The second-order valence-electron chi connectivity index (χ2n) is 6.07. The first-order chi connectivity index (χ1) is 10.7. The highest BCUT2D eigenvalue weighted by molar-refractivity contribution is 5.78. The highest BCUT2D eigenvalue weighted by atomic mass is 19.3. The molecule has 3 N–H and O–H groups in total. The molecule has 0 spiro atoms. The van der Waals surface area contributed by atoms with Crippen LogP contribution in [0.2, 0.25) is 0 Å². The van der Waals surface area contributed by atoms with E-state index in [4.69, 9.17) is 10.5 Å². The molecule has 7 heteroatoms. The van der Waals surface area contributed by atoms with E-state index >= 15 is 0 Å². The van der Waals surface area contributed by atoms with Gasteiger partial charge in [-0.15, -0.1) is 0 Å². The van der Waals surface area contributed by atoms with Crippen molar-refractivity contribution in [3.05, 3.63) is 23.8 Å². The van der Waals surface area contributed by atoms with Gasteiger partial charge in [-0.3, -0.25) is 0 Å². The SMILES string of the molecule is CCCOc1ccc(CN=C(N)NC(C)(C)C)c(OC(F)F)c1. The van der Waals surface area contributed by atoms with E-state index in [1.165, 1.54) is 6.07 Å². The van der Waals surface area contributed by atoms with Gasteiger partial charge in [-0.05, 0) is 39.3 Å². The molecule has 0 heterocycles. The zero-order valence-electron chi connectivity index (χ0n) is 14.0. The number of nitrogens with two attached hydrogens (primary N) is 1. The summed E-state index contributed by atoms with van der Waals surface area (Å²) >= 11 is 0. The van der Waals surface area contributed by atoms with Crippen molar-refractivity contribution < 1.29 is 18.3 Å². The highest BCUT2D eigenvalue weighted by Gasteiger charge is 2.13. The maximum absolute atomic E-state index is 12.6. The fourth-order valence-corrected chi connectivity index (χ4v) is 1.77. The molecule has 0 saturated heterocycles. The van der Waals surface area contributed by atoms with Gasteiger partial charge in [0.1, 0.15) is 11.5 Å². The number of nitrogens with zero attached hydrogens (tertiary/aromatic N) is 1. The molecule has 0 unspecified atom stereocenters. The van der Waals surface area contributed by atoms with Crippen LogP contribution in [0.15, 0.2) is 23.2 Å². The van der Waals surface area contributed by atoms with Crippen LogP contribution < -0.4 is 20.5 Å². The van der Waals surface area contributed by atoms with Crippen molar-refractivity contribution in [1.29, 1.82) is 0 Å². The summed E-state index contributed by atoms with van der Waals surface area (Å²) < 4.78 is 35.1. The number of benzene rings is 1. The van der Waals surface area contributed by atoms with Crippen LogP contribution in [0.25, 0.3) is 0 Å². The topological polar surface area (TPSA) is 68.9 Å². The molecule has 130 valence electrons. The number of nitrogens with one attached hydrogen (secondary N) is 1. The number of aliphatic imine (C=N–C) groups is 1. The summed E-state index contributed by atoms with van der Waals surface area (Å²) in [6.45, 7) is 5.52. The second-order valence-corrected chi connectivity index (χ2v) is 6.07. The number of alkyl halides is 2. The molecule has 0 aliphatic carbocycles. The van der Waals surface area contributed by atoms with Crippen LogP contribution in [-0.4, -0.2) is 24.7 Å². The van der Waals surface area contributed by atoms with Gasteiger partial charge in [-0.1, -0.05) is 6.92 Å². The maximum Gasteiger partial charge on any atom is 0.387 e. The highest BCUT2D eigenvalue weighted by Crippen LogP contribution is 2.27. The molecular weight excluding hydrogens is 304 g/mol. The third kappa shape index (κ3) is 7.67. The predicted octanol–water partition coefficient (Wildman–Crippen LogP) is 3.28. The van der Waals surface area contributed by atoms with Crippen LogP contribution in [0.4, 0.5) is 8.78 Å². The largest absolute Gasteiger partial charge is 0.493 e. The molecular formula is C16H25F2N3O2. The van der Waals surface area contributed by atoms with Crippen LogP contribution in [0.3, 0.4) is 0 Å². The molecule has 0 bridgehead atoms. The summed E-state index contributed by atoms with van der Waals surface area (Å²) in [4.78, 5) is 4.16. The van der Waals surface area contributed by atoms with Crippen molar-refractivity contribution in [2.45, 2.75) is 52.8 Å². The number of halogens is 2. The minimum absolute atomic E-state index is 0.0425. The quantitative estimate of drug-likeness (QED) is 0.595. The molecule has 0 aliphatic rings. The van der Waals surface area contributed by atoms with E-state index in [0.29, 0.717) is 17.9 Å². The number of hydrogen-bond acceptors (Lipinski definition) is 3. The van der Waals surface area contributed by atoms with Crippen molar-refractivity contribution in [2.75, 3.05) is 6.61 Å². The predicted molar refractivity (Wildman–Crippen MR) is 87.1 cm³/mol. The van der Waals surface area contributed by atoms with E-state index in [-0.39, 0.29) is 23.8 Å². The lowest BCUT2D eigenvalue weighted by molar-refractivity contribution is -0.0505. The van der Waals surface area contributed by atoms with Crippen LogP contribution in [-0.2, 0) is 6.54 Å². The first-order valence-corrected chi connectivity index (χ1v) is 7.50. The fraction of sp³-hybridized carbons (Fsp3) is 0.562. The van der Waals surface area contributed by atoms with Gasteiger partial charge < -0.3 is 20.5 Å². The monoisotopic (exact) mass is 329 g/mol. The molecule has 0 aromatic heterocycles. The van der Waals surface area contributed by atoms with Gasteiger partial charge in [-0.25, -0.2) is 4.99 Å². The standard InChI is InChI=1S/C16H25F2N3O2/c1-5-8-22-12-7-6-11(13(9-12)23-14(17)18)10-20-15(19)21-16(2,3)4/h6-7,9,14H,5,8,10H2,1-4H3,(H3,19,20,21). The van der Waals surface area contributed by atoms with Gasteiger partial charge in [0, 0.05) is 17.2 Å². The van der Waals surface area contributed by atoms with E-state index in [1.807, 2.05) is 27.7 Å². The zero-order chi connectivity index (χ0) is 17.5. The lowest BCUT2D eigenvalue weighted by Crippen LogP contribution is -2.44. The number of ether oxygens (including phenoxy) is 2. The van der Waals surface area contributed by atoms with Crippen LogP contribution in [0.5, 0.6) is 11.5 Å². The Labute approximate surface area is 135 Å². The zero-order valence-corrected chi connectivity index (χ0v) is 14.0. The molecule has 1 rings (SSSR count). The lowest BCUT2D eigenvalue weighted by atomic mass is 10.1. The van der Waals surface area contributed by atoms with E-state index in [0.717, 1.165) is 6.42 Å². The normalized spacial score (nSPS) is 12.4. The van der Waals surface area contributed by atoms with Crippen molar-refractivity contribution in [2.24, 2.45) is 10.7 Å². The third-order valence-electron chi connectivity index (χ3n) is 2.65. The van der Waals surface area contributed by atoms with Crippen LogP contribution in [0.1, 0.15) is 39.7 Å². The van der Waals surface area contributed by atoms with Gasteiger partial charge in [0.05, 0.1) is 13.2 Å². The molecule has 0 aliphatic heterocycles. The summed E-state index contributed by atoms with van der Waals surface area (Å²) in [5.74, 6) is 0.767. The van der Waals surface area contributed by atoms with Crippen LogP contribution >= 0.6 is 0 Å². The molecule has 0 fully saturated rings. The third-order valence-corrected chi connectivity index (χ3v) is 2.65. The summed E-state index contributed by atoms with van der Waals surface area (Å²) in [6, 6.07) is 4.79. The van der Waals surface area contributed by atoms with Crippen molar-refractivity contribution >= 4 is 5.96 Å². The molecule has 0 amide bonds. The van der Waals surface area contributed by atoms with Crippen molar-refractivity contribution in [1.82, 2.24) is 5.32 Å². The van der Waals surface area contributed by atoms with E-state index in [9.17, 15) is 8.78 Å². The summed E-state index contributed by atoms with van der Waals surface area (Å²) in [5.41, 5.74) is 6.06. The minimum Gasteiger partial charge on any atom is -0.493 e. The summed E-state index contributed by atoms with van der Waals surface area (Å²) in [6.07, 6.45) is 0.825. The Hall–Kier alpha value is -2.05. The molecule has 1 aromatic carbocycles. The summed E-state index contributed by atoms with van der Waals surface area (Å²) in [7, 11) is 0. The number of rotatable bonds is 7. The molecule has 0 radical (unpaired) electrons. The Morgan fingerprint density at radius 3 is 2.61 bits per heavy atom. The maximum atomic E-state index is 12.6. The van der Waals surface area contributed by atoms with Gasteiger partial charge in [0.2, 0.25) is 0 Å². The van der Waals surface area contributed by atoms with Crippen molar-refractivity contribution in [3.8, 4) is 11.5 Å². The molecule has 23 heavy (non-hydrogen) atoms. The van der Waals surface area contributed by atoms with Crippen LogP contribution in [0, 0.1) is 0 Å². The first-order valence-electron chi connectivity index (χ1n) is 7.50. The van der Waals surface area contributed by atoms with Gasteiger partial charge in [0.15, 0.2) is 5.96 Å². The molecule has 1 aromatic rings. The Bertz CT molecular complexity index is 529. The van der Waals surface area contributed by atoms with Gasteiger partial charge >= 0.3 is 6.61 Å².